The van der Waals surface area contributed by atoms with Crippen molar-refractivity contribution in [3.8, 4) is 16.9 Å². The third-order valence-electron chi connectivity index (χ3n) is 4.60. The molecule has 4 aromatic rings. The SMILES string of the molecule is Clc1ccc(-c2nn(-c3ccccc3)cc2CNCc2ccccc2)cc1.O=C(O)C(=O)O. The minimum Gasteiger partial charge on any atom is -0.473 e. The highest BCUT2D eigenvalue weighted by molar-refractivity contribution is 6.30. The average molecular weight is 464 g/mol. The van der Waals surface area contributed by atoms with Gasteiger partial charge in [-0.15, -0.1) is 0 Å². The number of aromatic nitrogens is 2. The van der Waals surface area contributed by atoms with Crippen LogP contribution in [0.2, 0.25) is 5.02 Å². The summed E-state index contributed by atoms with van der Waals surface area (Å²) in [6.45, 7) is 1.55. The molecule has 0 spiro atoms. The molecule has 33 heavy (non-hydrogen) atoms. The zero-order valence-corrected chi connectivity index (χ0v) is 18.3. The maximum atomic E-state index is 9.10. The molecule has 0 atom stereocenters. The molecule has 3 aromatic carbocycles. The highest BCUT2D eigenvalue weighted by Gasteiger charge is 2.12. The summed E-state index contributed by atoms with van der Waals surface area (Å²) in [6.07, 6.45) is 2.09. The summed E-state index contributed by atoms with van der Waals surface area (Å²) < 4.78 is 1.93. The van der Waals surface area contributed by atoms with Crippen molar-refractivity contribution in [3.05, 3.63) is 107 Å². The number of aliphatic carboxylic acids is 2. The van der Waals surface area contributed by atoms with Crippen LogP contribution in [0.3, 0.4) is 0 Å². The molecule has 0 radical (unpaired) electrons. The van der Waals surface area contributed by atoms with Crippen LogP contribution in [-0.2, 0) is 22.7 Å². The van der Waals surface area contributed by atoms with Gasteiger partial charge in [0.1, 0.15) is 0 Å². The van der Waals surface area contributed by atoms with E-state index < -0.39 is 11.9 Å². The first-order valence-corrected chi connectivity index (χ1v) is 10.4. The Bertz CT molecular complexity index is 1180. The summed E-state index contributed by atoms with van der Waals surface area (Å²) in [5.41, 5.74) is 5.49. The Hall–Kier alpha value is -3.94. The minimum absolute atomic E-state index is 0.727. The van der Waals surface area contributed by atoms with Crippen LogP contribution in [-0.4, -0.2) is 31.9 Å². The van der Waals surface area contributed by atoms with Crippen molar-refractivity contribution in [1.82, 2.24) is 15.1 Å². The fraction of sp³-hybridized carbons (Fsp3) is 0.0800. The van der Waals surface area contributed by atoms with E-state index in [2.05, 4.69) is 47.9 Å². The van der Waals surface area contributed by atoms with E-state index in [1.807, 2.05) is 53.2 Å². The number of carboxylic acid groups (broad SMARTS) is 2. The Morgan fingerprint density at radius 2 is 1.39 bits per heavy atom. The summed E-state index contributed by atoms with van der Waals surface area (Å²) in [7, 11) is 0. The Morgan fingerprint density at radius 1 is 0.818 bits per heavy atom. The lowest BCUT2D eigenvalue weighted by Gasteiger charge is -2.05. The predicted octanol–water partition coefficient (Wildman–Crippen LogP) is 4.64. The molecule has 1 aromatic heterocycles. The van der Waals surface area contributed by atoms with Crippen LogP contribution in [0.5, 0.6) is 0 Å². The van der Waals surface area contributed by atoms with Gasteiger partial charge in [0.25, 0.3) is 0 Å². The topological polar surface area (TPSA) is 104 Å². The van der Waals surface area contributed by atoms with E-state index >= 15 is 0 Å². The van der Waals surface area contributed by atoms with Crippen LogP contribution in [0.4, 0.5) is 0 Å². The lowest BCUT2D eigenvalue weighted by molar-refractivity contribution is -0.159. The first kappa shape index (κ1) is 23.7. The Labute approximate surface area is 195 Å². The van der Waals surface area contributed by atoms with Gasteiger partial charge in [-0.05, 0) is 29.8 Å². The predicted molar refractivity (Wildman–Crippen MR) is 126 cm³/mol. The second-order valence-corrected chi connectivity index (χ2v) is 7.43. The van der Waals surface area contributed by atoms with Crippen molar-refractivity contribution < 1.29 is 19.8 Å². The van der Waals surface area contributed by atoms with Crippen molar-refractivity contribution in [3.63, 3.8) is 0 Å². The van der Waals surface area contributed by atoms with E-state index in [9.17, 15) is 0 Å². The molecule has 8 heteroatoms. The lowest BCUT2D eigenvalue weighted by Crippen LogP contribution is -2.12. The smallest absolute Gasteiger partial charge is 0.414 e. The highest BCUT2D eigenvalue weighted by atomic mass is 35.5. The van der Waals surface area contributed by atoms with E-state index in [1.165, 1.54) is 5.56 Å². The lowest BCUT2D eigenvalue weighted by atomic mass is 10.1. The van der Waals surface area contributed by atoms with Gasteiger partial charge in [0.2, 0.25) is 0 Å². The number of nitrogens with one attached hydrogen (secondary N) is 1. The van der Waals surface area contributed by atoms with Crippen LogP contribution in [0.15, 0.2) is 91.1 Å². The number of rotatable bonds is 6. The summed E-state index contributed by atoms with van der Waals surface area (Å²) in [4.78, 5) is 18.2. The number of carbonyl (C=O) groups is 2. The Balaban J connectivity index is 0.000000454. The second kappa shape index (κ2) is 11.6. The van der Waals surface area contributed by atoms with Crippen LogP contribution >= 0.6 is 11.6 Å². The van der Waals surface area contributed by atoms with Gasteiger partial charge in [-0.1, -0.05) is 72.3 Å². The summed E-state index contributed by atoms with van der Waals surface area (Å²) in [6, 6.07) is 28.4. The normalized spacial score (nSPS) is 10.2. The Morgan fingerprint density at radius 3 is 1.97 bits per heavy atom. The number of hydrogen-bond donors (Lipinski definition) is 3. The van der Waals surface area contributed by atoms with Gasteiger partial charge in [0, 0.05) is 35.4 Å². The number of para-hydroxylation sites is 1. The quantitative estimate of drug-likeness (QED) is 0.360. The van der Waals surface area contributed by atoms with E-state index in [4.69, 9.17) is 36.5 Å². The summed E-state index contributed by atoms with van der Waals surface area (Å²) in [5, 5.41) is 23.9. The van der Waals surface area contributed by atoms with Gasteiger partial charge in [-0.3, -0.25) is 0 Å². The van der Waals surface area contributed by atoms with Gasteiger partial charge in [0.15, 0.2) is 0 Å². The zero-order valence-electron chi connectivity index (χ0n) is 17.6. The standard InChI is InChI=1S/C23H20ClN3.C2H2O4/c24-21-13-11-19(12-14-21)23-20(16-25-15-18-7-3-1-4-8-18)17-27(26-23)22-9-5-2-6-10-22;3-1(4)2(5)6/h1-14,17,25H,15-16H2;(H,3,4)(H,5,6). The van der Waals surface area contributed by atoms with Crippen LogP contribution in [0.1, 0.15) is 11.1 Å². The van der Waals surface area contributed by atoms with Gasteiger partial charge in [-0.2, -0.15) is 5.10 Å². The molecule has 1 heterocycles. The van der Waals surface area contributed by atoms with Gasteiger partial charge in [0.05, 0.1) is 11.4 Å². The summed E-state index contributed by atoms with van der Waals surface area (Å²) >= 11 is 6.05. The molecule has 0 saturated heterocycles. The monoisotopic (exact) mass is 463 g/mol. The molecule has 0 aliphatic rings. The molecule has 0 aliphatic heterocycles. The molecular weight excluding hydrogens is 442 g/mol. The molecule has 168 valence electrons. The van der Waals surface area contributed by atoms with E-state index in [0.717, 1.165) is 40.6 Å². The molecule has 4 rings (SSSR count). The fourth-order valence-electron chi connectivity index (χ4n) is 3.04. The summed E-state index contributed by atoms with van der Waals surface area (Å²) in [5.74, 6) is -3.65. The first-order valence-electron chi connectivity index (χ1n) is 10.0. The maximum Gasteiger partial charge on any atom is 0.414 e. The number of carboxylic acids is 2. The number of hydrogen-bond acceptors (Lipinski definition) is 4. The van der Waals surface area contributed by atoms with Gasteiger partial charge >= 0.3 is 11.9 Å². The molecule has 0 fully saturated rings. The molecule has 0 aliphatic carbocycles. The van der Waals surface area contributed by atoms with E-state index in [1.54, 1.807) is 0 Å². The first-order chi connectivity index (χ1) is 15.9. The zero-order chi connectivity index (χ0) is 23.6. The van der Waals surface area contributed by atoms with Crippen LogP contribution in [0.25, 0.3) is 16.9 Å². The van der Waals surface area contributed by atoms with Crippen molar-refractivity contribution >= 4 is 23.5 Å². The van der Waals surface area contributed by atoms with Gasteiger partial charge in [-0.25, -0.2) is 14.3 Å². The number of halogens is 1. The molecule has 0 saturated carbocycles. The molecule has 0 amide bonds. The number of nitrogens with zero attached hydrogens (tertiary/aromatic N) is 2. The Kier molecular flexibility index (Phi) is 8.35. The van der Waals surface area contributed by atoms with Crippen molar-refractivity contribution in [2.75, 3.05) is 0 Å². The molecular formula is C25H22ClN3O4. The van der Waals surface area contributed by atoms with Crippen molar-refractivity contribution in [2.24, 2.45) is 0 Å². The molecule has 0 bridgehead atoms. The highest BCUT2D eigenvalue weighted by Crippen LogP contribution is 2.25. The minimum atomic E-state index is -1.82. The van der Waals surface area contributed by atoms with Gasteiger partial charge < -0.3 is 15.5 Å². The van der Waals surface area contributed by atoms with Crippen molar-refractivity contribution in [2.45, 2.75) is 13.1 Å². The fourth-order valence-corrected chi connectivity index (χ4v) is 3.17. The third-order valence-corrected chi connectivity index (χ3v) is 4.85. The maximum absolute atomic E-state index is 9.10. The molecule has 7 nitrogen and oxygen atoms in total. The van der Waals surface area contributed by atoms with Crippen LogP contribution in [0, 0.1) is 0 Å². The molecule has 0 unspecified atom stereocenters. The van der Waals surface area contributed by atoms with Crippen LogP contribution < -0.4 is 5.32 Å². The number of benzene rings is 3. The largest absolute Gasteiger partial charge is 0.473 e. The van der Waals surface area contributed by atoms with E-state index in [0.29, 0.717) is 0 Å². The van der Waals surface area contributed by atoms with Crippen molar-refractivity contribution in [1.29, 1.82) is 0 Å². The third kappa shape index (κ3) is 7.03. The van der Waals surface area contributed by atoms with E-state index in [-0.39, 0.29) is 0 Å². The molecule has 3 N–H and O–H groups in total. The second-order valence-electron chi connectivity index (χ2n) is 6.99. The average Bonchev–Trinajstić information content (AvgIpc) is 3.25.